The van der Waals surface area contributed by atoms with Gasteiger partial charge >= 0.3 is 5.97 Å². The average molecular weight is 581 g/mol. The van der Waals surface area contributed by atoms with Gasteiger partial charge in [-0.2, -0.15) is 0 Å². The van der Waals surface area contributed by atoms with Crippen LogP contribution >= 0.6 is 11.6 Å². The van der Waals surface area contributed by atoms with Crippen molar-refractivity contribution in [1.82, 2.24) is 9.88 Å². The van der Waals surface area contributed by atoms with E-state index in [-0.39, 0.29) is 5.56 Å². The molecule has 214 valence electrons. The van der Waals surface area contributed by atoms with Gasteiger partial charge in [-0.3, -0.25) is 4.98 Å². The lowest BCUT2D eigenvalue weighted by Gasteiger charge is -2.38. The molecule has 6 rings (SSSR count). The number of likely N-dealkylation sites (tertiary alicyclic amines) is 1. The molecule has 2 aliphatic rings. The van der Waals surface area contributed by atoms with Crippen LogP contribution in [-0.4, -0.2) is 45.7 Å². The Morgan fingerprint density at radius 3 is 2.45 bits per heavy atom. The number of aromatic carboxylic acids is 1. The number of carbonyl (C=O) groups is 1. The van der Waals surface area contributed by atoms with Crippen LogP contribution in [0.5, 0.6) is 5.75 Å². The van der Waals surface area contributed by atoms with Crippen LogP contribution in [0.3, 0.4) is 0 Å². The molecular weight excluding hydrogens is 548 g/mol. The van der Waals surface area contributed by atoms with Crippen molar-refractivity contribution < 1.29 is 19.7 Å². The van der Waals surface area contributed by atoms with E-state index in [0.717, 1.165) is 70.9 Å². The first kappa shape index (κ1) is 28.2. The smallest absolute Gasteiger partial charge is 0.335 e. The zero-order valence-corrected chi connectivity index (χ0v) is 24.1. The number of hydrogen-bond acceptors (Lipinski definition) is 5. The molecule has 7 heteroatoms. The molecule has 4 aromatic rings. The third-order valence-electron chi connectivity index (χ3n) is 8.35. The fourth-order valence-corrected chi connectivity index (χ4v) is 6.05. The number of aliphatic hydroxyl groups is 1. The summed E-state index contributed by atoms with van der Waals surface area (Å²) in [5.41, 5.74) is 6.72. The van der Waals surface area contributed by atoms with Gasteiger partial charge in [0.25, 0.3) is 0 Å². The van der Waals surface area contributed by atoms with E-state index in [9.17, 15) is 15.0 Å². The highest BCUT2D eigenvalue weighted by molar-refractivity contribution is 6.30. The Labute approximate surface area is 250 Å². The standard InChI is InChI=1S/C35H33ClN2O4/c36-28-12-10-27(11-13-28)35(41)15-19-38(20-16-35)18-2-4-29-30-3-1-17-37-32(30)23-42-33-14-7-25(22-31(29)33)21-24-5-8-26(9-6-24)34(39)40/h1,3-14,17,22,41H,2,15-16,18-21,23H2,(H,39,40)/b29-4+. The minimum Gasteiger partial charge on any atom is -0.487 e. The lowest BCUT2D eigenvalue weighted by atomic mass is 9.84. The Bertz CT molecular complexity index is 1610. The van der Waals surface area contributed by atoms with Gasteiger partial charge < -0.3 is 19.8 Å². The number of fused-ring (bicyclic) bond motifs is 2. The summed E-state index contributed by atoms with van der Waals surface area (Å²) in [5.74, 6) is -0.0946. The van der Waals surface area contributed by atoms with Crippen LogP contribution in [0.15, 0.2) is 91.1 Å². The largest absolute Gasteiger partial charge is 0.487 e. The number of nitrogens with zero attached hydrogens (tertiary/aromatic N) is 2. The number of carboxylic acids is 1. The molecular formula is C35H33ClN2O4. The number of piperidine rings is 1. The van der Waals surface area contributed by atoms with Crippen molar-refractivity contribution in [2.45, 2.75) is 37.9 Å². The second-order valence-electron chi connectivity index (χ2n) is 11.1. The van der Waals surface area contributed by atoms with Crippen molar-refractivity contribution in [3.8, 4) is 5.75 Å². The molecule has 0 bridgehead atoms. The summed E-state index contributed by atoms with van der Waals surface area (Å²) in [7, 11) is 0. The van der Waals surface area contributed by atoms with Crippen LogP contribution < -0.4 is 4.74 Å². The molecule has 1 aromatic heterocycles. The molecule has 1 fully saturated rings. The van der Waals surface area contributed by atoms with Gasteiger partial charge in [0, 0.05) is 42.0 Å². The van der Waals surface area contributed by atoms with Crippen LogP contribution in [0.1, 0.15) is 63.1 Å². The van der Waals surface area contributed by atoms with E-state index in [1.807, 2.05) is 48.5 Å². The molecule has 0 amide bonds. The number of carboxylic acid groups (broad SMARTS) is 1. The highest BCUT2D eigenvalue weighted by Gasteiger charge is 2.33. The second-order valence-corrected chi connectivity index (χ2v) is 11.5. The van der Waals surface area contributed by atoms with Gasteiger partial charge in [-0.1, -0.05) is 54.1 Å². The lowest BCUT2D eigenvalue weighted by molar-refractivity contribution is -0.0254. The summed E-state index contributed by atoms with van der Waals surface area (Å²) >= 11 is 6.05. The first-order valence-electron chi connectivity index (χ1n) is 14.3. The monoisotopic (exact) mass is 580 g/mol. The van der Waals surface area contributed by atoms with E-state index in [1.54, 1.807) is 18.3 Å². The van der Waals surface area contributed by atoms with E-state index in [1.165, 1.54) is 0 Å². The number of benzene rings is 3. The van der Waals surface area contributed by atoms with E-state index in [0.29, 0.717) is 30.9 Å². The summed E-state index contributed by atoms with van der Waals surface area (Å²) in [6.45, 7) is 2.95. The van der Waals surface area contributed by atoms with Crippen LogP contribution in [0.25, 0.3) is 5.57 Å². The van der Waals surface area contributed by atoms with Crippen molar-refractivity contribution in [3.05, 3.63) is 135 Å². The number of aromatic nitrogens is 1. The van der Waals surface area contributed by atoms with Crippen molar-refractivity contribution in [1.29, 1.82) is 0 Å². The van der Waals surface area contributed by atoms with Gasteiger partial charge in [0.1, 0.15) is 12.4 Å². The molecule has 3 heterocycles. The molecule has 3 aromatic carbocycles. The first-order chi connectivity index (χ1) is 20.4. The number of halogens is 1. The Kier molecular flexibility index (Phi) is 8.11. The first-order valence-corrected chi connectivity index (χ1v) is 14.7. The number of hydrogen-bond donors (Lipinski definition) is 2. The maximum atomic E-state index is 11.3. The van der Waals surface area contributed by atoms with Crippen LogP contribution in [0, 0.1) is 0 Å². The topological polar surface area (TPSA) is 82.9 Å². The van der Waals surface area contributed by atoms with Gasteiger partial charge in [-0.15, -0.1) is 0 Å². The summed E-state index contributed by atoms with van der Waals surface area (Å²) < 4.78 is 6.21. The fraction of sp³-hybridized carbons (Fsp3) is 0.257. The fourth-order valence-electron chi connectivity index (χ4n) is 5.92. The van der Waals surface area contributed by atoms with Gasteiger partial charge in [0.15, 0.2) is 0 Å². The predicted molar refractivity (Wildman–Crippen MR) is 164 cm³/mol. The SMILES string of the molecule is O=C(O)c1ccc(Cc2ccc3c(c2)/C(=C/CCN2CCC(O)(c4ccc(Cl)cc4)CC2)c2cccnc2CO3)cc1. The Hall–Kier alpha value is -3.97. The molecule has 0 unspecified atom stereocenters. The normalized spacial score (nSPS) is 17.1. The van der Waals surface area contributed by atoms with Crippen molar-refractivity contribution >= 4 is 23.1 Å². The van der Waals surface area contributed by atoms with Gasteiger partial charge in [-0.25, -0.2) is 4.79 Å². The highest BCUT2D eigenvalue weighted by atomic mass is 35.5. The molecule has 0 saturated carbocycles. The van der Waals surface area contributed by atoms with Gasteiger partial charge in [0.2, 0.25) is 0 Å². The van der Waals surface area contributed by atoms with Gasteiger partial charge in [0.05, 0.1) is 16.9 Å². The van der Waals surface area contributed by atoms with E-state index in [2.05, 4.69) is 34.2 Å². The Morgan fingerprint density at radius 2 is 1.71 bits per heavy atom. The number of pyridine rings is 1. The molecule has 0 spiro atoms. The average Bonchev–Trinajstić information content (AvgIpc) is 3.15. The maximum absolute atomic E-state index is 11.3. The summed E-state index contributed by atoms with van der Waals surface area (Å²) in [5, 5.41) is 21.2. The molecule has 6 nitrogen and oxygen atoms in total. The maximum Gasteiger partial charge on any atom is 0.335 e. The predicted octanol–water partition coefficient (Wildman–Crippen LogP) is 6.72. The summed E-state index contributed by atoms with van der Waals surface area (Å²) in [4.78, 5) is 18.3. The number of rotatable bonds is 7. The quantitative estimate of drug-likeness (QED) is 0.252. The van der Waals surface area contributed by atoms with Gasteiger partial charge in [-0.05, 0) is 90.4 Å². The van der Waals surface area contributed by atoms with Crippen molar-refractivity contribution in [2.24, 2.45) is 0 Å². The van der Waals surface area contributed by atoms with E-state index in [4.69, 9.17) is 16.3 Å². The van der Waals surface area contributed by atoms with Crippen LogP contribution in [0.2, 0.25) is 5.02 Å². The van der Waals surface area contributed by atoms with Crippen molar-refractivity contribution in [3.63, 3.8) is 0 Å². The molecule has 0 radical (unpaired) electrons. The molecule has 42 heavy (non-hydrogen) atoms. The Morgan fingerprint density at radius 1 is 0.976 bits per heavy atom. The summed E-state index contributed by atoms with van der Waals surface area (Å²) in [6, 6.07) is 24.9. The highest BCUT2D eigenvalue weighted by Crippen LogP contribution is 2.38. The van der Waals surface area contributed by atoms with Crippen LogP contribution in [0.4, 0.5) is 0 Å². The third kappa shape index (κ3) is 6.12. The number of ether oxygens (including phenoxy) is 1. The molecule has 2 aliphatic heterocycles. The molecule has 0 aliphatic carbocycles. The Balaban J connectivity index is 1.20. The lowest BCUT2D eigenvalue weighted by Crippen LogP contribution is -2.42. The van der Waals surface area contributed by atoms with E-state index >= 15 is 0 Å². The third-order valence-corrected chi connectivity index (χ3v) is 8.60. The molecule has 1 saturated heterocycles. The van der Waals surface area contributed by atoms with Crippen molar-refractivity contribution in [2.75, 3.05) is 19.6 Å². The zero-order chi connectivity index (χ0) is 29.1. The minimum absolute atomic E-state index is 0.284. The van der Waals surface area contributed by atoms with E-state index < -0.39 is 11.6 Å². The molecule has 0 atom stereocenters. The molecule has 2 N–H and O–H groups in total. The van der Waals surface area contributed by atoms with Crippen LogP contribution in [-0.2, 0) is 18.6 Å². The second kappa shape index (κ2) is 12.1. The minimum atomic E-state index is -0.924. The zero-order valence-electron chi connectivity index (χ0n) is 23.3. The summed E-state index contributed by atoms with van der Waals surface area (Å²) in [6.07, 6.45) is 7.00.